The van der Waals surface area contributed by atoms with Gasteiger partial charge in [-0.15, -0.1) is 0 Å². The number of aromatic nitrogens is 2. The Morgan fingerprint density at radius 1 is 1.22 bits per heavy atom. The van der Waals surface area contributed by atoms with Crippen LogP contribution >= 0.6 is 11.5 Å². The van der Waals surface area contributed by atoms with Crippen LogP contribution in [0.15, 0.2) is 0 Å². The summed E-state index contributed by atoms with van der Waals surface area (Å²) in [7, 11) is 0. The molecule has 1 aromatic heterocycles. The zero-order chi connectivity index (χ0) is 13.8. The number of hydrogen-bond acceptors (Lipinski definition) is 5. The second-order valence-electron chi connectivity index (χ2n) is 6.58. The predicted octanol–water partition coefficient (Wildman–Crippen LogP) is 3.01. The van der Waals surface area contributed by atoms with Crippen LogP contribution in [0.3, 0.4) is 0 Å². The van der Waals surface area contributed by atoms with E-state index in [9.17, 15) is 0 Å². The molecule has 0 radical (unpaired) electrons. The summed E-state index contributed by atoms with van der Waals surface area (Å²) in [6.07, 6.45) is 2.19. The van der Waals surface area contributed by atoms with Gasteiger partial charge in [-0.05, 0) is 24.8 Å². The van der Waals surface area contributed by atoms with Crippen molar-refractivity contribution >= 4 is 16.7 Å². The van der Waals surface area contributed by atoms with Crippen molar-refractivity contribution in [1.29, 1.82) is 0 Å². The first-order valence-corrected chi connectivity index (χ1v) is 7.30. The fourth-order valence-corrected chi connectivity index (χ4v) is 2.34. The van der Waals surface area contributed by atoms with E-state index in [1.54, 1.807) is 0 Å². The van der Waals surface area contributed by atoms with Gasteiger partial charge in [0, 0.05) is 23.5 Å². The standard InChI is InChI=1S/C13H26N4S/c1-12(2,3)10-16-11(18-17-10)15-9-13(4,5)7-6-8-14/h6-9,14H2,1-5H3,(H,15,16,17). The maximum Gasteiger partial charge on any atom is 0.202 e. The Morgan fingerprint density at radius 3 is 2.39 bits per heavy atom. The molecular weight excluding hydrogens is 244 g/mol. The molecule has 0 bridgehead atoms. The summed E-state index contributed by atoms with van der Waals surface area (Å²) in [6.45, 7) is 12.6. The van der Waals surface area contributed by atoms with Crippen LogP contribution in [-0.2, 0) is 5.41 Å². The highest BCUT2D eigenvalue weighted by molar-refractivity contribution is 7.09. The highest BCUT2D eigenvalue weighted by Crippen LogP contribution is 2.26. The van der Waals surface area contributed by atoms with Crippen LogP contribution in [0.4, 0.5) is 5.13 Å². The molecule has 0 aliphatic heterocycles. The highest BCUT2D eigenvalue weighted by atomic mass is 32.1. The largest absolute Gasteiger partial charge is 0.360 e. The van der Waals surface area contributed by atoms with Crippen molar-refractivity contribution in [3.8, 4) is 0 Å². The molecule has 0 atom stereocenters. The number of hydrogen-bond donors (Lipinski definition) is 2. The third kappa shape index (κ3) is 4.90. The summed E-state index contributed by atoms with van der Waals surface area (Å²) in [5.74, 6) is 0.912. The van der Waals surface area contributed by atoms with Crippen molar-refractivity contribution in [1.82, 2.24) is 9.36 Å². The fourth-order valence-electron chi connectivity index (χ4n) is 1.58. The average Bonchev–Trinajstić information content (AvgIpc) is 2.72. The van der Waals surface area contributed by atoms with Gasteiger partial charge in [-0.1, -0.05) is 34.6 Å². The molecule has 0 spiro atoms. The van der Waals surface area contributed by atoms with E-state index >= 15 is 0 Å². The van der Waals surface area contributed by atoms with E-state index in [0.29, 0.717) is 0 Å². The summed E-state index contributed by atoms with van der Waals surface area (Å²) >= 11 is 1.44. The molecule has 0 aliphatic rings. The molecule has 0 unspecified atom stereocenters. The van der Waals surface area contributed by atoms with Crippen molar-refractivity contribution in [2.24, 2.45) is 11.1 Å². The zero-order valence-corrected chi connectivity index (χ0v) is 13.0. The van der Waals surface area contributed by atoms with Crippen molar-refractivity contribution in [3.05, 3.63) is 5.82 Å². The Morgan fingerprint density at radius 2 is 1.89 bits per heavy atom. The molecular formula is C13H26N4S. The minimum Gasteiger partial charge on any atom is -0.360 e. The number of rotatable bonds is 6. The van der Waals surface area contributed by atoms with Gasteiger partial charge in [-0.3, -0.25) is 0 Å². The van der Waals surface area contributed by atoms with Crippen LogP contribution in [0, 0.1) is 5.41 Å². The maximum absolute atomic E-state index is 5.55. The van der Waals surface area contributed by atoms with E-state index in [-0.39, 0.29) is 10.8 Å². The van der Waals surface area contributed by atoms with E-state index < -0.39 is 0 Å². The van der Waals surface area contributed by atoms with Gasteiger partial charge in [0.05, 0.1) is 0 Å². The molecule has 1 rings (SSSR count). The van der Waals surface area contributed by atoms with Gasteiger partial charge in [-0.25, -0.2) is 4.98 Å². The predicted molar refractivity (Wildman–Crippen MR) is 79.2 cm³/mol. The topological polar surface area (TPSA) is 63.8 Å². The van der Waals surface area contributed by atoms with Crippen LogP contribution < -0.4 is 11.1 Å². The Labute approximate surface area is 115 Å². The van der Waals surface area contributed by atoms with Crippen LogP contribution in [0.2, 0.25) is 0 Å². The lowest BCUT2D eigenvalue weighted by Gasteiger charge is -2.24. The van der Waals surface area contributed by atoms with Gasteiger partial charge in [-0.2, -0.15) is 4.37 Å². The molecule has 104 valence electrons. The summed E-state index contributed by atoms with van der Waals surface area (Å²) < 4.78 is 4.40. The number of anilines is 1. The minimum atomic E-state index is 0.0193. The summed E-state index contributed by atoms with van der Waals surface area (Å²) in [5, 5.41) is 4.31. The second kappa shape index (κ2) is 5.97. The molecule has 0 saturated heterocycles. The van der Waals surface area contributed by atoms with Crippen LogP contribution in [0.5, 0.6) is 0 Å². The molecule has 1 aromatic rings. The van der Waals surface area contributed by atoms with Gasteiger partial charge < -0.3 is 11.1 Å². The molecule has 0 amide bonds. The van der Waals surface area contributed by atoms with Gasteiger partial charge in [0.15, 0.2) is 0 Å². The first-order chi connectivity index (χ1) is 8.24. The molecule has 4 nitrogen and oxygen atoms in total. The molecule has 18 heavy (non-hydrogen) atoms. The van der Waals surface area contributed by atoms with E-state index in [0.717, 1.165) is 36.9 Å². The molecule has 0 saturated carbocycles. The highest BCUT2D eigenvalue weighted by Gasteiger charge is 2.21. The Kier molecular flexibility index (Phi) is 5.10. The molecule has 3 N–H and O–H groups in total. The number of nitrogens with one attached hydrogen (secondary N) is 1. The smallest absolute Gasteiger partial charge is 0.202 e. The first-order valence-electron chi connectivity index (χ1n) is 6.53. The second-order valence-corrected chi connectivity index (χ2v) is 7.33. The number of nitrogens with two attached hydrogens (primary N) is 1. The van der Waals surface area contributed by atoms with Crippen molar-refractivity contribution in [3.63, 3.8) is 0 Å². The van der Waals surface area contributed by atoms with Crippen molar-refractivity contribution < 1.29 is 0 Å². The fraction of sp³-hybridized carbons (Fsp3) is 0.846. The average molecular weight is 270 g/mol. The van der Waals surface area contributed by atoms with Crippen molar-refractivity contribution in [2.75, 3.05) is 18.4 Å². The molecule has 0 aromatic carbocycles. The van der Waals surface area contributed by atoms with Gasteiger partial charge in [0.25, 0.3) is 0 Å². The Balaban J connectivity index is 2.51. The summed E-state index contributed by atoms with van der Waals surface area (Å²) in [6, 6.07) is 0. The third-order valence-electron chi connectivity index (χ3n) is 2.87. The third-order valence-corrected chi connectivity index (χ3v) is 3.55. The lowest BCUT2D eigenvalue weighted by molar-refractivity contribution is 0.350. The van der Waals surface area contributed by atoms with Crippen molar-refractivity contribution in [2.45, 2.75) is 52.9 Å². The minimum absolute atomic E-state index is 0.0193. The lowest BCUT2D eigenvalue weighted by Crippen LogP contribution is -2.24. The quantitative estimate of drug-likeness (QED) is 0.834. The molecule has 0 fully saturated rings. The maximum atomic E-state index is 5.55. The first kappa shape index (κ1) is 15.4. The Bertz CT molecular complexity index is 365. The summed E-state index contributed by atoms with van der Waals surface area (Å²) in [5.41, 5.74) is 5.82. The molecule has 1 heterocycles. The van der Waals surface area contributed by atoms with Gasteiger partial charge >= 0.3 is 0 Å². The van der Waals surface area contributed by atoms with E-state index in [1.807, 2.05) is 0 Å². The van der Waals surface area contributed by atoms with E-state index in [2.05, 4.69) is 49.3 Å². The van der Waals surface area contributed by atoms with E-state index in [4.69, 9.17) is 5.73 Å². The SMILES string of the molecule is CC(C)(CCCN)CNc1nc(C(C)(C)C)ns1. The molecule has 0 aliphatic carbocycles. The monoisotopic (exact) mass is 270 g/mol. The van der Waals surface area contributed by atoms with Gasteiger partial charge in [0.1, 0.15) is 5.82 Å². The van der Waals surface area contributed by atoms with Crippen LogP contribution in [0.1, 0.15) is 53.3 Å². The summed E-state index contributed by atoms with van der Waals surface area (Å²) in [4.78, 5) is 4.54. The van der Waals surface area contributed by atoms with Gasteiger partial charge in [0.2, 0.25) is 5.13 Å². The van der Waals surface area contributed by atoms with Crippen LogP contribution in [-0.4, -0.2) is 22.4 Å². The normalized spacial score (nSPS) is 12.8. The number of nitrogens with zero attached hydrogens (tertiary/aromatic N) is 2. The Hall–Kier alpha value is -0.680. The molecule has 5 heteroatoms. The zero-order valence-electron chi connectivity index (χ0n) is 12.2. The van der Waals surface area contributed by atoms with E-state index in [1.165, 1.54) is 11.5 Å². The van der Waals surface area contributed by atoms with Crippen LogP contribution in [0.25, 0.3) is 0 Å². The lowest BCUT2D eigenvalue weighted by atomic mass is 9.88.